The molecule has 0 bridgehead atoms. The van der Waals surface area contributed by atoms with E-state index in [0.717, 1.165) is 36.0 Å². The minimum atomic E-state index is 0.0906. The molecule has 1 amide bonds. The predicted octanol–water partition coefficient (Wildman–Crippen LogP) is 2.95. The highest BCUT2D eigenvalue weighted by Gasteiger charge is 2.48. The van der Waals surface area contributed by atoms with Crippen LogP contribution in [0.25, 0.3) is 0 Å². The van der Waals surface area contributed by atoms with Gasteiger partial charge in [0.15, 0.2) is 0 Å². The van der Waals surface area contributed by atoms with Crippen LogP contribution in [-0.2, 0) is 4.79 Å². The highest BCUT2D eigenvalue weighted by molar-refractivity contribution is 9.10. The zero-order valence-corrected chi connectivity index (χ0v) is 15.0. The monoisotopic (exact) mass is 378 g/mol. The predicted molar refractivity (Wildman–Crippen MR) is 93.3 cm³/mol. The molecular formula is C18H23BrN2O2. The number of fused-ring (bicyclic) bond motifs is 3. The molecule has 1 aromatic carbocycles. The van der Waals surface area contributed by atoms with E-state index in [2.05, 4.69) is 44.9 Å². The van der Waals surface area contributed by atoms with Gasteiger partial charge in [-0.15, -0.1) is 0 Å². The number of aliphatic hydroxyl groups is 1. The second-order valence-electron chi connectivity index (χ2n) is 7.12. The Morgan fingerprint density at radius 1 is 1.35 bits per heavy atom. The molecule has 4 nitrogen and oxygen atoms in total. The Bertz CT molecular complexity index is 631. The van der Waals surface area contributed by atoms with Gasteiger partial charge in [-0.05, 0) is 43.0 Å². The van der Waals surface area contributed by atoms with Gasteiger partial charge in [0.1, 0.15) is 0 Å². The Morgan fingerprint density at radius 3 is 2.78 bits per heavy atom. The SMILES string of the molecule is CN1c2ccc(Br)cc2[C@H]2[C@H](CCN2C(=O)C2CCC2)[C@H]1CO. The van der Waals surface area contributed by atoms with Crippen LogP contribution in [0.4, 0.5) is 5.69 Å². The minimum absolute atomic E-state index is 0.0906. The van der Waals surface area contributed by atoms with E-state index in [0.29, 0.717) is 11.8 Å². The van der Waals surface area contributed by atoms with Crippen LogP contribution in [0.2, 0.25) is 0 Å². The van der Waals surface area contributed by atoms with Gasteiger partial charge in [0.25, 0.3) is 0 Å². The van der Waals surface area contributed by atoms with E-state index in [1.165, 1.54) is 12.0 Å². The van der Waals surface area contributed by atoms with Crippen molar-refractivity contribution in [1.29, 1.82) is 0 Å². The van der Waals surface area contributed by atoms with Gasteiger partial charge >= 0.3 is 0 Å². The molecule has 3 atom stereocenters. The molecule has 1 aromatic rings. The molecule has 124 valence electrons. The van der Waals surface area contributed by atoms with Crippen molar-refractivity contribution >= 4 is 27.5 Å². The number of likely N-dealkylation sites (tertiary alicyclic amines) is 1. The third kappa shape index (κ3) is 2.31. The average Bonchev–Trinajstić information content (AvgIpc) is 2.90. The lowest BCUT2D eigenvalue weighted by Gasteiger charge is -2.45. The Labute approximate surface area is 145 Å². The fourth-order valence-corrected chi connectivity index (χ4v) is 4.94. The van der Waals surface area contributed by atoms with E-state index >= 15 is 0 Å². The normalized spacial score (nSPS) is 30.0. The zero-order valence-electron chi connectivity index (χ0n) is 13.4. The topological polar surface area (TPSA) is 43.8 Å². The Kier molecular flexibility index (Phi) is 3.88. The third-order valence-electron chi connectivity index (χ3n) is 6.05. The molecule has 1 saturated heterocycles. The molecule has 1 N–H and O–H groups in total. The number of hydrogen-bond acceptors (Lipinski definition) is 3. The largest absolute Gasteiger partial charge is 0.394 e. The molecule has 2 heterocycles. The van der Waals surface area contributed by atoms with Gasteiger partial charge < -0.3 is 14.9 Å². The molecule has 0 unspecified atom stereocenters. The van der Waals surface area contributed by atoms with E-state index in [1.54, 1.807) is 0 Å². The summed E-state index contributed by atoms with van der Waals surface area (Å²) in [6.45, 7) is 0.958. The lowest BCUT2D eigenvalue weighted by molar-refractivity contribution is -0.139. The number of hydrogen-bond donors (Lipinski definition) is 1. The lowest BCUT2D eigenvalue weighted by Crippen LogP contribution is -2.49. The van der Waals surface area contributed by atoms with Gasteiger partial charge in [-0.3, -0.25) is 4.79 Å². The van der Waals surface area contributed by atoms with Gasteiger partial charge in [-0.25, -0.2) is 0 Å². The first-order valence-electron chi connectivity index (χ1n) is 8.55. The van der Waals surface area contributed by atoms with Gasteiger partial charge in [-0.1, -0.05) is 22.4 Å². The molecule has 2 fully saturated rings. The third-order valence-corrected chi connectivity index (χ3v) is 6.54. The first kappa shape index (κ1) is 15.5. The number of benzene rings is 1. The van der Waals surface area contributed by atoms with Gasteiger partial charge in [0.2, 0.25) is 5.91 Å². The summed E-state index contributed by atoms with van der Waals surface area (Å²) in [5, 5.41) is 9.93. The summed E-state index contributed by atoms with van der Waals surface area (Å²) in [7, 11) is 2.06. The van der Waals surface area contributed by atoms with Crippen LogP contribution >= 0.6 is 15.9 Å². The van der Waals surface area contributed by atoms with Crippen molar-refractivity contribution in [2.24, 2.45) is 11.8 Å². The number of likely N-dealkylation sites (N-methyl/N-ethyl adjacent to an activating group) is 1. The van der Waals surface area contributed by atoms with Crippen molar-refractivity contribution < 1.29 is 9.90 Å². The summed E-state index contributed by atoms with van der Waals surface area (Å²) < 4.78 is 1.05. The van der Waals surface area contributed by atoms with Crippen LogP contribution in [0.15, 0.2) is 22.7 Å². The van der Waals surface area contributed by atoms with Gasteiger partial charge in [0, 0.05) is 35.6 Å². The van der Waals surface area contributed by atoms with Crippen LogP contribution < -0.4 is 4.90 Å². The van der Waals surface area contributed by atoms with Gasteiger partial charge in [-0.2, -0.15) is 0 Å². The fourth-order valence-electron chi connectivity index (χ4n) is 4.56. The Balaban J connectivity index is 1.76. The van der Waals surface area contributed by atoms with Crippen molar-refractivity contribution in [2.75, 3.05) is 25.1 Å². The maximum absolute atomic E-state index is 12.9. The number of carbonyl (C=O) groups is 1. The maximum atomic E-state index is 12.9. The highest BCUT2D eigenvalue weighted by atomic mass is 79.9. The summed E-state index contributed by atoms with van der Waals surface area (Å²) in [5.74, 6) is 0.878. The van der Waals surface area contributed by atoms with Crippen LogP contribution in [0, 0.1) is 11.8 Å². The smallest absolute Gasteiger partial charge is 0.226 e. The standard InChI is InChI=1S/C18H23BrN2O2/c1-20-15-6-5-12(19)9-14(15)17-13(16(20)10-22)7-8-21(17)18(23)11-3-2-4-11/h5-6,9,11,13,16-17,22H,2-4,7-8,10H2,1H3/t13-,16-,17-/m1/s1. The van der Waals surface area contributed by atoms with E-state index < -0.39 is 0 Å². The second kappa shape index (κ2) is 5.78. The molecule has 0 spiro atoms. The number of anilines is 1. The first-order valence-corrected chi connectivity index (χ1v) is 9.34. The number of rotatable bonds is 2. The zero-order chi connectivity index (χ0) is 16.1. The molecular weight excluding hydrogens is 356 g/mol. The second-order valence-corrected chi connectivity index (χ2v) is 8.04. The number of aliphatic hydroxyl groups excluding tert-OH is 1. The van der Waals surface area contributed by atoms with Crippen molar-refractivity contribution in [1.82, 2.24) is 4.90 Å². The van der Waals surface area contributed by atoms with Crippen molar-refractivity contribution in [2.45, 2.75) is 37.8 Å². The number of amides is 1. The lowest BCUT2D eigenvalue weighted by atomic mass is 9.80. The minimum Gasteiger partial charge on any atom is -0.394 e. The summed E-state index contributed by atoms with van der Waals surface area (Å²) in [5.41, 5.74) is 2.36. The average molecular weight is 379 g/mol. The van der Waals surface area contributed by atoms with E-state index in [9.17, 15) is 9.90 Å². The quantitative estimate of drug-likeness (QED) is 0.860. The van der Waals surface area contributed by atoms with Crippen LogP contribution in [0.3, 0.4) is 0 Å². The van der Waals surface area contributed by atoms with Crippen LogP contribution in [0.5, 0.6) is 0 Å². The van der Waals surface area contributed by atoms with E-state index in [-0.39, 0.29) is 24.6 Å². The molecule has 1 saturated carbocycles. The molecule has 5 heteroatoms. The summed E-state index contributed by atoms with van der Waals surface area (Å²) in [6.07, 6.45) is 4.25. The first-order chi connectivity index (χ1) is 11.1. The molecule has 0 aromatic heterocycles. The van der Waals surface area contributed by atoms with Crippen LogP contribution in [0.1, 0.15) is 37.3 Å². The molecule has 2 aliphatic heterocycles. The number of halogens is 1. The molecule has 4 rings (SSSR count). The summed E-state index contributed by atoms with van der Waals surface area (Å²) in [4.78, 5) is 17.2. The number of carbonyl (C=O) groups excluding carboxylic acids is 1. The Hall–Kier alpha value is -1.07. The van der Waals surface area contributed by atoms with E-state index in [4.69, 9.17) is 0 Å². The summed E-state index contributed by atoms with van der Waals surface area (Å²) >= 11 is 3.58. The molecule has 3 aliphatic rings. The van der Waals surface area contributed by atoms with Crippen LogP contribution in [-0.4, -0.2) is 42.2 Å². The van der Waals surface area contributed by atoms with Crippen molar-refractivity contribution in [3.05, 3.63) is 28.2 Å². The highest BCUT2D eigenvalue weighted by Crippen LogP contribution is 2.50. The molecule has 0 radical (unpaired) electrons. The van der Waals surface area contributed by atoms with Crippen molar-refractivity contribution in [3.8, 4) is 0 Å². The van der Waals surface area contributed by atoms with E-state index in [1.807, 2.05) is 6.07 Å². The maximum Gasteiger partial charge on any atom is 0.226 e. The summed E-state index contributed by atoms with van der Waals surface area (Å²) in [6, 6.07) is 6.50. The fraction of sp³-hybridized carbons (Fsp3) is 0.611. The molecule has 23 heavy (non-hydrogen) atoms. The van der Waals surface area contributed by atoms with Crippen molar-refractivity contribution in [3.63, 3.8) is 0 Å². The van der Waals surface area contributed by atoms with Gasteiger partial charge in [0.05, 0.1) is 18.7 Å². The molecule has 1 aliphatic carbocycles. The number of nitrogens with zero attached hydrogens (tertiary/aromatic N) is 2. The Morgan fingerprint density at radius 2 is 2.13 bits per heavy atom.